The Morgan fingerprint density at radius 3 is 2.62 bits per heavy atom. The number of benzene rings is 1. The number of carbonyl (C=O) groups is 3. The quantitative estimate of drug-likeness (QED) is 0.127. The molecule has 0 bridgehead atoms. The SMILES string of the molecule is CC[C@H]1OC(N2C=C(C)C(=O)CC2=O)C[C@@H]1OP(=S)(S)OC[C@H]1O[C@@H](n2cnc3c(CC(=O)c4ccccc4)ncnc32)[C@@H]2OC(C)(C)O[C@@H]21. The van der Waals surface area contributed by atoms with Crippen molar-refractivity contribution >= 4 is 58.4 Å². The standard InChI is InChI=1S/C33H38N5O9PS2/c1-5-23-24(13-27(43-23)37-14-18(2)21(39)12-26(37)41)47-48(49,50)42-15-25-29-30(46-33(3,4)45-29)32(44-25)38-17-36-28-20(34-16-35-31(28)38)11-22(40)19-9-7-6-8-10-19/h6-10,14,16-17,23-25,27,29-30,32H,5,11-13,15H2,1-4H3,(H,49,50)/t23-,24+,25-,27?,29-,30-,32-/m1/s1. The molecule has 6 heterocycles. The zero-order valence-corrected chi connectivity index (χ0v) is 30.5. The van der Waals surface area contributed by atoms with Crippen LogP contribution in [0.5, 0.6) is 0 Å². The second kappa shape index (κ2) is 13.9. The molecule has 0 radical (unpaired) electrons. The Bertz CT molecular complexity index is 1890. The molecule has 14 nitrogen and oxygen atoms in total. The number of amides is 1. The van der Waals surface area contributed by atoms with Crippen LogP contribution in [-0.2, 0) is 55.8 Å². The van der Waals surface area contributed by atoms with Gasteiger partial charge in [-0.05, 0) is 39.0 Å². The predicted octanol–water partition coefficient (Wildman–Crippen LogP) is 4.46. The summed E-state index contributed by atoms with van der Waals surface area (Å²) in [6, 6.07) is 9.03. The molecule has 0 spiro atoms. The summed E-state index contributed by atoms with van der Waals surface area (Å²) in [6.45, 7) is 7.29. The van der Waals surface area contributed by atoms with Crippen LogP contribution < -0.4 is 0 Å². The predicted molar refractivity (Wildman–Crippen MR) is 185 cm³/mol. The Hall–Kier alpha value is -2.92. The van der Waals surface area contributed by atoms with Crippen LogP contribution in [0.1, 0.15) is 69.2 Å². The number of imidazole rings is 1. The van der Waals surface area contributed by atoms with Crippen molar-refractivity contribution in [2.75, 3.05) is 6.61 Å². The summed E-state index contributed by atoms with van der Waals surface area (Å²) >= 11 is 10.4. The molecule has 50 heavy (non-hydrogen) atoms. The molecule has 17 heteroatoms. The monoisotopic (exact) mass is 743 g/mol. The number of Topliss-reactive ketones (excluding diaryl/α,β-unsaturated/α-hetero) is 2. The van der Waals surface area contributed by atoms with E-state index < -0.39 is 48.4 Å². The highest BCUT2D eigenvalue weighted by molar-refractivity contribution is 8.60. The number of hydrogen-bond acceptors (Lipinski definition) is 13. The van der Waals surface area contributed by atoms with E-state index in [-0.39, 0.29) is 43.0 Å². The molecule has 3 saturated heterocycles. The van der Waals surface area contributed by atoms with E-state index in [1.54, 1.807) is 30.0 Å². The summed E-state index contributed by atoms with van der Waals surface area (Å²) in [5, 5.41) is 0. The first-order valence-electron chi connectivity index (χ1n) is 16.4. The number of hydrogen-bond donors (Lipinski definition) is 1. The fourth-order valence-corrected chi connectivity index (χ4v) is 8.83. The molecule has 0 aliphatic carbocycles. The lowest BCUT2D eigenvalue weighted by molar-refractivity contribution is -0.198. The second-order valence-electron chi connectivity index (χ2n) is 13.1. The minimum Gasteiger partial charge on any atom is -0.352 e. The number of allylic oxidation sites excluding steroid dienone is 1. The Morgan fingerprint density at radius 1 is 1.10 bits per heavy atom. The average Bonchev–Trinajstić information content (AvgIpc) is 3.84. The van der Waals surface area contributed by atoms with Gasteiger partial charge in [0.25, 0.3) is 0 Å². The summed E-state index contributed by atoms with van der Waals surface area (Å²) in [5.41, 5.74) is -0.597. The molecular weight excluding hydrogens is 705 g/mol. The number of aromatic nitrogens is 4. The van der Waals surface area contributed by atoms with Crippen LogP contribution in [0.4, 0.5) is 0 Å². The van der Waals surface area contributed by atoms with Crippen molar-refractivity contribution in [1.82, 2.24) is 24.4 Å². The van der Waals surface area contributed by atoms with Crippen molar-refractivity contribution in [2.45, 2.75) is 102 Å². The summed E-state index contributed by atoms with van der Waals surface area (Å²) in [6.07, 6.45) is 1.55. The highest BCUT2D eigenvalue weighted by Gasteiger charge is 2.56. The van der Waals surface area contributed by atoms with Crippen LogP contribution in [-0.4, -0.2) is 91.0 Å². The van der Waals surface area contributed by atoms with Gasteiger partial charge in [-0.15, -0.1) is 0 Å². The molecule has 7 rings (SSSR count). The molecule has 3 fully saturated rings. The Labute approximate surface area is 299 Å². The molecule has 0 N–H and O–H groups in total. The fraction of sp³-hybridized carbons (Fsp3) is 0.515. The van der Waals surface area contributed by atoms with E-state index in [4.69, 9.17) is 39.8 Å². The third-order valence-electron chi connectivity index (χ3n) is 9.19. The van der Waals surface area contributed by atoms with Crippen LogP contribution in [0.25, 0.3) is 11.2 Å². The Kier molecular flexibility index (Phi) is 9.86. The number of ether oxygens (including phenoxy) is 4. The van der Waals surface area contributed by atoms with E-state index in [0.717, 1.165) is 0 Å². The smallest absolute Gasteiger partial charge is 0.244 e. The van der Waals surface area contributed by atoms with Gasteiger partial charge in [0, 0.05) is 23.8 Å². The first kappa shape index (κ1) is 35.5. The van der Waals surface area contributed by atoms with E-state index in [9.17, 15) is 14.4 Å². The van der Waals surface area contributed by atoms with Gasteiger partial charge < -0.3 is 28.0 Å². The lowest BCUT2D eigenvalue weighted by Gasteiger charge is -2.28. The first-order valence-corrected chi connectivity index (χ1v) is 20.2. The number of thiol groups is 1. The summed E-state index contributed by atoms with van der Waals surface area (Å²) in [4.78, 5) is 52.5. The molecule has 4 aliphatic heterocycles. The van der Waals surface area contributed by atoms with Gasteiger partial charge in [0.15, 0.2) is 29.2 Å². The minimum absolute atomic E-state index is 0.00121. The summed E-state index contributed by atoms with van der Waals surface area (Å²) < 4.78 is 39.5. The van der Waals surface area contributed by atoms with Gasteiger partial charge in [0.05, 0.1) is 43.7 Å². The van der Waals surface area contributed by atoms with Crippen molar-refractivity contribution in [3.8, 4) is 0 Å². The Balaban J connectivity index is 1.05. The maximum Gasteiger partial charge on any atom is 0.244 e. The molecule has 0 saturated carbocycles. The molecule has 2 aromatic heterocycles. The zero-order valence-electron chi connectivity index (χ0n) is 27.9. The highest BCUT2D eigenvalue weighted by atomic mass is 32.9. The van der Waals surface area contributed by atoms with Crippen molar-refractivity contribution in [2.24, 2.45) is 0 Å². The lowest BCUT2D eigenvalue weighted by Crippen LogP contribution is -2.40. The normalized spacial score (nSPS) is 30.5. The van der Waals surface area contributed by atoms with Gasteiger partial charge in [-0.1, -0.05) is 49.5 Å². The fourth-order valence-electron chi connectivity index (χ4n) is 6.79. The number of nitrogens with zero attached hydrogens (tertiary/aromatic N) is 5. The van der Waals surface area contributed by atoms with Gasteiger partial charge in [0.1, 0.15) is 36.4 Å². The molecule has 3 aromatic rings. The summed E-state index contributed by atoms with van der Waals surface area (Å²) in [7, 11) is 0. The number of fused-ring (bicyclic) bond motifs is 2. The third-order valence-corrected chi connectivity index (χ3v) is 11.4. The third kappa shape index (κ3) is 7.10. The van der Waals surface area contributed by atoms with Crippen molar-refractivity contribution in [3.05, 3.63) is 66.0 Å². The van der Waals surface area contributed by atoms with Crippen LogP contribution in [0.3, 0.4) is 0 Å². The van der Waals surface area contributed by atoms with E-state index in [1.165, 1.54) is 17.4 Å². The maximum atomic E-state index is 13.0. The summed E-state index contributed by atoms with van der Waals surface area (Å²) in [5.74, 6) is -1.50. The maximum absolute atomic E-state index is 13.0. The van der Waals surface area contributed by atoms with Crippen LogP contribution in [0.2, 0.25) is 0 Å². The van der Waals surface area contributed by atoms with E-state index in [2.05, 4.69) is 27.2 Å². The van der Waals surface area contributed by atoms with Gasteiger partial charge >= 0.3 is 0 Å². The van der Waals surface area contributed by atoms with Gasteiger partial charge in [-0.2, -0.15) is 0 Å². The van der Waals surface area contributed by atoms with E-state index in [1.807, 2.05) is 39.0 Å². The van der Waals surface area contributed by atoms with Gasteiger partial charge in [-0.3, -0.25) is 23.9 Å². The second-order valence-corrected chi connectivity index (χ2v) is 18.4. The van der Waals surface area contributed by atoms with Crippen molar-refractivity contribution in [3.63, 3.8) is 0 Å². The van der Waals surface area contributed by atoms with Gasteiger partial charge in [0.2, 0.25) is 11.6 Å². The largest absolute Gasteiger partial charge is 0.352 e. The first-order chi connectivity index (χ1) is 23.8. The van der Waals surface area contributed by atoms with Crippen LogP contribution >= 0.6 is 17.9 Å². The molecule has 8 atom stereocenters. The minimum atomic E-state index is -3.16. The highest BCUT2D eigenvalue weighted by Crippen LogP contribution is 2.57. The number of ketones is 2. The van der Waals surface area contributed by atoms with E-state index >= 15 is 0 Å². The lowest BCUT2D eigenvalue weighted by atomic mass is 10.1. The van der Waals surface area contributed by atoms with E-state index in [0.29, 0.717) is 40.8 Å². The molecule has 1 aromatic carbocycles. The average molecular weight is 744 g/mol. The number of carbonyl (C=O) groups excluding carboxylic acids is 3. The Morgan fingerprint density at radius 2 is 1.86 bits per heavy atom. The van der Waals surface area contributed by atoms with Crippen LogP contribution in [0.15, 0.2) is 54.8 Å². The van der Waals surface area contributed by atoms with Crippen molar-refractivity contribution < 1.29 is 42.4 Å². The topological polar surface area (TPSA) is 153 Å². The van der Waals surface area contributed by atoms with Gasteiger partial charge in [-0.25, -0.2) is 15.0 Å². The zero-order chi connectivity index (χ0) is 35.4. The molecule has 1 amide bonds. The number of rotatable bonds is 11. The van der Waals surface area contributed by atoms with Crippen molar-refractivity contribution in [1.29, 1.82) is 0 Å². The molecule has 4 aliphatic rings. The molecule has 266 valence electrons. The molecular formula is C33H38N5O9PS2. The molecule has 2 unspecified atom stereocenters. The van der Waals surface area contributed by atoms with Crippen LogP contribution in [0, 0.1) is 0 Å².